The van der Waals surface area contributed by atoms with E-state index in [0.717, 1.165) is 27.5 Å². The van der Waals surface area contributed by atoms with Gasteiger partial charge in [-0.3, -0.25) is 19.8 Å². The number of thiocarbonyl (C=S) groups is 1. The predicted molar refractivity (Wildman–Crippen MR) is 141 cm³/mol. The summed E-state index contributed by atoms with van der Waals surface area (Å²) in [5.41, 5.74) is 4.42. The Bertz CT molecular complexity index is 1530. The van der Waals surface area contributed by atoms with Crippen molar-refractivity contribution in [1.29, 1.82) is 0 Å². The van der Waals surface area contributed by atoms with E-state index in [0.29, 0.717) is 11.1 Å². The molecule has 3 aromatic rings. The van der Waals surface area contributed by atoms with E-state index in [1.165, 1.54) is 31.4 Å². The zero-order valence-corrected chi connectivity index (χ0v) is 21.3. The fraction of sp³-hybridized carbons (Fsp3) is 0.148. The van der Waals surface area contributed by atoms with E-state index in [-0.39, 0.29) is 21.9 Å². The Balaban J connectivity index is 1.75. The fourth-order valence-corrected chi connectivity index (χ4v) is 4.56. The molecule has 0 radical (unpaired) electrons. The van der Waals surface area contributed by atoms with Gasteiger partial charge >= 0.3 is 11.9 Å². The molecule has 2 amide bonds. The van der Waals surface area contributed by atoms with Crippen LogP contribution in [0.3, 0.4) is 0 Å². The third-order valence-corrected chi connectivity index (χ3v) is 6.37. The van der Waals surface area contributed by atoms with Gasteiger partial charge in [-0.05, 0) is 92.7 Å². The van der Waals surface area contributed by atoms with E-state index >= 15 is 0 Å². The number of amides is 2. The van der Waals surface area contributed by atoms with Gasteiger partial charge in [0.25, 0.3) is 11.8 Å². The van der Waals surface area contributed by atoms with E-state index in [1.807, 2.05) is 37.5 Å². The van der Waals surface area contributed by atoms with Gasteiger partial charge < -0.3 is 14.4 Å². The van der Waals surface area contributed by atoms with Crippen LogP contribution < -0.4 is 10.2 Å². The van der Waals surface area contributed by atoms with Crippen molar-refractivity contribution in [2.24, 2.45) is 0 Å². The van der Waals surface area contributed by atoms with Gasteiger partial charge in [-0.15, -0.1) is 0 Å². The second kappa shape index (κ2) is 9.82. The number of hydrogen-bond donors (Lipinski definition) is 2. The Hall–Kier alpha value is -4.57. The first-order valence-corrected chi connectivity index (χ1v) is 11.6. The monoisotopic (exact) mass is 517 g/mol. The molecule has 1 aliphatic heterocycles. The van der Waals surface area contributed by atoms with Crippen molar-refractivity contribution >= 4 is 52.8 Å². The number of rotatable bonds is 5. The first kappa shape index (κ1) is 25.5. The minimum atomic E-state index is -1.15. The first-order chi connectivity index (χ1) is 17.5. The lowest BCUT2D eigenvalue weighted by molar-refractivity contribution is -0.122. The summed E-state index contributed by atoms with van der Waals surface area (Å²) >= 11 is 5.22. The van der Waals surface area contributed by atoms with Crippen molar-refractivity contribution in [1.82, 2.24) is 9.88 Å². The van der Waals surface area contributed by atoms with Crippen LogP contribution in [0.1, 0.15) is 43.2 Å². The number of carbonyl (C=O) groups excluding carboxylic acids is 3. The average Bonchev–Trinajstić information content (AvgIpc) is 3.13. The normalized spacial score (nSPS) is 14.6. The number of nitrogens with one attached hydrogen (secondary N) is 1. The zero-order valence-electron chi connectivity index (χ0n) is 20.5. The number of nitrogens with zero attached hydrogens (tertiary/aromatic N) is 2. The number of aryl methyl sites for hydroxylation is 2. The maximum absolute atomic E-state index is 13.4. The second-order valence-corrected chi connectivity index (χ2v) is 8.85. The number of anilines is 1. The number of aromatic nitrogens is 1. The summed E-state index contributed by atoms with van der Waals surface area (Å²) in [4.78, 5) is 50.6. The highest BCUT2D eigenvalue weighted by Crippen LogP contribution is 2.28. The molecule has 2 aromatic carbocycles. The average molecular weight is 518 g/mol. The van der Waals surface area contributed by atoms with Crippen molar-refractivity contribution in [3.05, 3.63) is 87.7 Å². The quantitative estimate of drug-likeness (QED) is 0.229. The molecule has 0 bridgehead atoms. The van der Waals surface area contributed by atoms with Crippen molar-refractivity contribution < 1.29 is 29.0 Å². The lowest BCUT2D eigenvalue weighted by Crippen LogP contribution is -2.54. The number of ether oxygens (including phenoxy) is 1. The minimum absolute atomic E-state index is 0.0207. The predicted octanol–water partition coefficient (Wildman–Crippen LogP) is 3.72. The molecule has 0 unspecified atom stereocenters. The molecule has 1 fully saturated rings. The van der Waals surface area contributed by atoms with Crippen LogP contribution in [0.25, 0.3) is 11.8 Å². The maximum Gasteiger partial charge on any atom is 0.337 e. The number of esters is 1. The number of methoxy groups -OCH3 is 1. The largest absolute Gasteiger partial charge is 0.478 e. The molecular weight excluding hydrogens is 494 g/mol. The summed E-state index contributed by atoms with van der Waals surface area (Å²) in [5, 5.41) is 11.7. The molecule has 2 N–H and O–H groups in total. The van der Waals surface area contributed by atoms with E-state index in [4.69, 9.17) is 17.0 Å². The van der Waals surface area contributed by atoms with Crippen molar-refractivity contribution in [2.75, 3.05) is 12.0 Å². The van der Waals surface area contributed by atoms with E-state index in [9.17, 15) is 24.3 Å². The Morgan fingerprint density at radius 3 is 2.41 bits per heavy atom. The molecule has 0 spiro atoms. The number of benzene rings is 2. The van der Waals surface area contributed by atoms with Crippen molar-refractivity contribution in [3.8, 4) is 5.69 Å². The Kier molecular flexibility index (Phi) is 6.78. The summed E-state index contributed by atoms with van der Waals surface area (Å²) in [7, 11) is 1.32. The first-order valence-electron chi connectivity index (χ1n) is 11.2. The summed E-state index contributed by atoms with van der Waals surface area (Å²) in [6, 6.07) is 12.8. The van der Waals surface area contributed by atoms with Gasteiger partial charge in [0.15, 0.2) is 5.11 Å². The third-order valence-electron chi connectivity index (χ3n) is 6.08. The molecule has 0 aliphatic carbocycles. The van der Waals surface area contributed by atoms with Gasteiger partial charge in [-0.25, -0.2) is 9.59 Å². The van der Waals surface area contributed by atoms with Gasteiger partial charge in [-0.1, -0.05) is 6.07 Å². The van der Waals surface area contributed by atoms with Crippen LogP contribution in [0.15, 0.2) is 54.1 Å². The van der Waals surface area contributed by atoms with E-state index < -0.39 is 23.8 Å². The second-order valence-electron chi connectivity index (χ2n) is 8.47. The number of aromatic carboxylic acids is 1. The number of carboxylic acid groups (broad SMARTS) is 1. The Morgan fingerprint density at radius 2 is 1.76 bits per heavy atom. The molecule has 37 heavy (non-hydrogen) atoms. The smallest absolute Gasteiger partial charge is 0.337 e. The molecule has 0 atom stereocenters. The van der Waals surface area contributed by atoms with Crippen LogP contribution in [0, 0.1) is 20.8 Å². The zero-order chi connectivity index (χ0) is 27.0. The summed E-state index contributed by atoms with van der Waals surface area (Å²) < 4.78 is 6.76. The molecule has 2 heterocycles. The van der Waals surface area contributed by atoms with Crippen LogP contribution in [-0.4, -0.2) is 45.6 Å². The van der Waals surface area contributed by atoms with Gasteiger partial charge in [0, 0.05) is 17.1 Å². The lowest BCUT2D eigenvalue weighted by atomic mass is 10.1. The minimum Gasteiger partial charge on any atom is -0.478 e. The van der Waals surface area contributed by atoms with Crippen molar-refractivity contribution in [3.63, 3.8) is 0 Å². The van der Waals surface area contributed by atoms with Gasteiger partial charge in [0.05, 0.1) is 23.9 Å². The number of hydrogen-bond acceptors (Lipinski definition) is 6. The topological polar surface area (TPSA) is 118 Å². The number of carbonyl (C=O) groups is 4. The van der Waals surface area contributed by atoms with Gasteiger partial charge in [0.1, 0.15) is 5.57 Å². The molecule has 188 valence electrons. The number of carboxylic acids is 1. The van der Waals surface area contributed by atoms with Crippen molar-refractivity contribution in [2.45, 2.75) is 20.8 Å². The Labute approximate surface area is 218 Å². The molecule has 10 heteroatoms. The molecule has 0 saturated carbocycles. The van der Waals surface area contributed by atoms with Crippen LogP contribution in [0.4, 0.5) is 5.69 Å². The molecule has 9 nitrogen and oxygen atoms in total. The fourth-order valence-electron chi connectivity index (χ4n) is 4.28. The molecule has 1 saturated heterocycles. The van der Waals surface area contributed by atoms with Crippen LogP contribution in [0.5, 0.6) is 0 Å². The highest BCUT2D eigenvalue weighted by molar-refractivity contribution is 7.80. The van der Waals surface area contributed by atoms with E-state index in [2.05, 4.69) is 5.32 Å². The summed E-state index contributed by atoms with van der Waals surface area (Å²) in [5.74, 6) is -2.90. The maximum atomic E-state index is 13.4. The highest BCUT2D eigenvalue weighted by atomic mass is 32.1. The molecule has 4 rings (SSSR count). The van der Waals surface area contributed by atoms with Crippen LogP contribution in [0.2, 0.25) is 0 Å². The van der Waals surface area contributed by atoms with Gasteiger partial charge in [-0.2, -0.15) is 0 Å². The lowest BCUT2D eigenvalue weighted by Gasteiger charge is -2.29. The molecule has 1 aromatic heterocycles. The van der Waals surface area contributed by atoms with E-state index in [1.54, 1.807) is 18.2 Å². The van der Waals surface area contributed by atoms with Crippen LogP contribution >= 0.6 is 12.2 Å². The standard InChI is InChI=1S/C27H23N3O6S/c1-14-10-18(26(35)36-4)8-9-22(14)29-15(2)11-19(16(29)3)13-21-23(31)28-27(37)30(24(21)32)20-7-5-6-17(12-20)25(33)34/h5-13H,1-4H3,(H,33,34)(H,28,31,37). The SMILES string of the molecule is COC(=O)c1ccc(-n2c(C)cc(C=C3C(=O)NC(=S)N(c4cccc(C(=O)O)c4)C3=O)c2C)c(C)c1. The summed E-state index contributed by atoms with van der Waals surface area (Å²) in [6.45, 7) is 5.63. The molecule has 1 aliphatic rings. The third kappa shape index (κ3) is 4.66. The van der Waals surface area contributed by atoms with Gasteiger partial charge in [0.2, 0.25) is 0 Å². The molecular formula is C27H23N3O6S. The highest BCUT2D eigenvalue weighted by Gasteiger charge is 2.35. The summed E-state index contributed by atoms with van der Waals surface area (Å²) in [6.07, 6.45) is 1.49. The Morgan fingerprint density at radius 1 is 1.03 bits per heavy atom. The van der Waals surface area contributed by atoms with Crippen LogP contribution in [-0.2, 0) is 14.3 Å².